The summed E-state index contributed by atoms with van der Waals surface area (Å²) >= 11 is 5.97. The van der Waals surface area contributed by atoms with Crippen molar-refractivity contribution in [1.29, 1.82) is 0 Å². The maximum absolute atomic E-state index is 12.7. The lowest BCUT2D eigenvalue weighted by molar-refractivity contribution is -0.138. The summed E-state index contributed by atoms with van der Waals surface area (Å²) in [5.41, 5.74) is -0.615. The van der Waals surface area contributed by atoms with Crippen LogP contribution in [0.2, 0.25) is 5.15 Å². The molecule has 0 aliphatic heterocycles. The van der Waals surface area contributed by atoms with Crippen molar-refractivity contribution in [3.8, 4) is 0 Å². The van der Waals surface area contributed by atoms with E-state index in [2.05, 4.69) is 10.3 Å². The third-order valence-corrected chi connectivity index (χ3v) is 4.57. The molecular formula is C18H23ClN2O4. The first kappa shape index (κ1) is 19.4. The number of carbonyl (C=O) groups is 2. The van der Waals surface area contributed by atoms with Crippen LogP contribution in [0.1, 0.15) is 49.9 Å². The SMILES string of the molecule is CCOC(=O)/C(=C/NC1CCC(C)(O)CC1)C(=O)c1cccnc1Cl. The van der Waals surface area contributed by atoms with Crippen LogP contribution in [0.25, 0.3) is 0 Å². The van der Waals surface area contributed by atoms with E-state index in [4.69, 9.17) is 16.3 Å². The van der Waals surface area contributed by atoms with Crippen LogP contribution >= 0.6 is 11.6 Å². The highest BCUT2D eigenvalue weighted by Gasteiger charge is 2.29. The minimum atomic E-state index is -0.706. The summed E-state index contributed by atoms with van der Waals surface area (Å²) in [4.78, 5) is 28.7. The lowest BCUT2D eigenvalue weighted by Crippen LogP contribution is -2.38. The molecule has 0 radical (unpaired) electrons. The van der Waals surface area contributed by atoms with Crippen LogP contribution in [0.4, 0.5) is 0 Å². The first-order chi connectivity index (χ1) is 11.8. The Morgan fingerprint density at radius 1 is 1.48 bits per heavy atom. The molecule has 2 N–H and O–H groups in total. The summed E-state index contributed by atoms with van der Waals surface area (Å²) in [7, 11) is 0. The van der Waals surface area contributed by atoms with Gasteiger partial charge in [-0.25, -0.2) is 9.78 Å². The van der Waals surface area contributed by atoms with Crippen molar-refractivity contribution in [3.05, 3.63) is 40.8 Å². The Bertz CT molecular complexity index is 663. The number of carbonyl (C=O) groups excluding carboxylic acids is 2. The molecule has 2 rings (SSSR count). The van der Waals surface area contributed by atoms with Crippen molar-refractivity contribution in [2.45, 2.75) is 51.2 Å². The Hall–Kier alpha value is -1.92. The fraction of sp³-hybridized carbons (Fsp3) is 0.500. The number of halogens is 1. The van der Waals surface area contributed by atoms with Gasteiger partial charge in [0.1, 0.15) is 10.7 Å². The number of hydrogen-bond acceptors (Lipinski definition) is 6. The molecule has 1 saturated carbocycles. The number of ketones is 1. The van der Waals surface area contributed by atoms with Crippen LogP contribution < -0.4 is 5.32 Å². The van der Waals surface area contributed by atoms with Gasteiger partial charge in [0.15, 0.2) is 0 Å². The molecule has 0 bridgehead atoms. The molecule has 1 aromatic heterocycles. The van der Waals surface area contributed by atoms with Crippen LogP contribution in [-0.2, 0) is 9.53 Å². The minimum Gasteiger partial charge on any atom is -0.462 e. The van der Waals surface area contributed by atoms with Crippen LogP contribution in [0, 0.1) is 0 Å². The number of hydrogen-bond donors (Lipinski definition) is 2. The predicted molar refractivity (Wildman–Crippen MR) is 94.3 cm³/mol. The lowest BCUT2D eigenvalue weighted by atomic mass is 9.84. The van der Waals surface area contributed by atoms with Crippen molar-refractivity contribution in [3.63, 3.8) is 0 Å². The van der Waals surface area contributed by atoms with E-state index in [1.165, 1.54) is 18.5 Å². The molecule has 0 spiro atoms. The predicted octanol–water partition coefficient (Wildman–Crippen LogP) is 2.65. The smallest absolute Gasteiger partial charge is 0.343 e. The molecule has 1 heterocycles. The number of aromatic nitrogens is 1. The van der Waals surface area contributed by atoms with Gasteiger partial charge in [0.05, 0.1) is 17.8 Å². The number of rotatable bonds is 6. The number of aliphatic hydroxyl groups is 1. The van der Waals surface area contributed by atoms with E-state index in [9.17, 15) is 14.7 Å². The molecule has 0 unspecified atom stereocenters. The summed E-state index contributed by atoms with van der Waals surface area (Å²) in [5, 5.41) is 13.2. The average molecular weight is 367 g/mol. The molecule has 7 heteroatoms. The van der Waals surface area contributed by atoms with E-state index in [1.54, 1.807) is 13.0 Å². The normalized spacial score (nSPS) is 23.8. The summed E-state index contributed by atoms with van der Waals surface area (Å²) in [6.45, 7) is 3.65. The zero-order valence-corrected chi connectivity index (χ0v) is 15.2. The maximum Gasteiger partial charge on any atom is 0.343 e. The molecule has 0 atom stereocenters. The fourth-order valence-electron chi connectivity index (χ4n) is 2.73. The summed E-state index contributed by atoms with van der Waals surface area (Å²) in [6.07, 6.45) is 5.70. The molecule has 6 nitrogen and oxygen atoms in total. The van der Waals surface area contributed by atoms with Crippen LogP contribution in [0.5, 0.6) is 0 Å². The first-order valence-corrected chi connectivity index (χ1v) is 8.73. The molecule has 0 aromatic carbocycles. The molecule has 25 heavy (non-hydrogen) atoms. The topological polar surface area (TPSA) is 88.5 Å². The number of Topliss-reactive ketones (excluding diaryl/α,β-unsaturated/α-hetero) is 1. The fourth-order valence-corrected chi connectivity index (χ4v) is 2.94. The van der Waals surface area contributed by atoms with Gasteiger partial charge in [-0.05, 0) is 51.7 Å². The standard InChI is InChI=1S/C18H23ClN2O4/c1-3-25-17(23)14(15(22)13-5-4-10-20-16(13)19)11-21-12-6-8-18(2,24)9-7-12/h4-5,10-12,21,24H,3,6-9H2,1-2H3/b14-11+. The van der Waals surface area contributed by atoms with E-state index in [0.717, 1.165) is 12.8 Å². The van der Waals surface area contributed by atoms with E-state index >= 15 is 0 Å². The zero-order chi connectivity index (χ0) is 18.4. The second kappa shape index (κ2) is 8.45. The number of ether oxygens (including phenoxy) is 1. The van der Waals surface area contributed by atoms with Gasteiger partial charge in [-0.3, -0.25) is 4.79 Å². The third kappa shape index (κ3) is 5.28. The van der Waals surface area contributed by atoms with Crippen molar-refractivity contribution in [2.75, 3.05) is 6.61 Å². The highest BCUT2D eigenvalue weighted by atomic mass is 35.5. The number of nitrogens with one attached hydrogen (secondary N) is 1. The minimum absolute atomic E-state index is 0.0383. The van der Waals surface area contributed by atoms with Crippen molar-refractivity contribution >= 4 is 23.4 Å². The average Bonchev–Trinajstić information content (AvgIpc) is 2.57. The molecule has 0 saturated heterocycles. The first-order valence-electron chi connectivity index (χ1n) is 8.35. The van der Waals surface area contributed by atoms with Gasteiger partial charge >= 0.3 is 5.97 Å². The molecule has 1 fully saturated rings. The summed E-state index contributed by atoms with van der Waals surface area (Å²) < 4.78 is 4.99. The Morgan fingerprint density at radius 2 is 2.16 bits per heavy atom. The Morgan fingerprint density at radius 3 is 2.76 bits per heavy atom. The maximum atomic E-state index is 12.7. The lowest BCUT2D eigenvalue weighted by Gasteiger charge is -2.33. The van der Waals surface area contributed by atoms with Gasteiger partial charge in [-0.2, -0.15) is 0 Å². The van der Waals surface area contributed by atoms with Crippen molar-refractivity contribution in [2.24, 2.45) is 0 Å². The molecule has 0 amide bonds. The summed E-state index contributed by atoms with van der Waals surface area (Å²) in [5.74, 6) is -1.24. The highest BCUT2D eigenvalue weighted by molar-refractivity contribution is 6.35. The van der Waals surface area contributed by atoms with Crippen LogP contribution in [0.3, 0.4) is 0 Å². The van der Waals surface area contributed by atoms with Crippen molar-refractivity contribution < 1.29 is 19.4 Å². The quantitative estimate of drug-likeness (QED) is 0.201. The van der Waals surface area contributed by atoms with Gasteiger partial charge in [-0.1, -0.05) is 11.6 Å². The van der Waals surface area contributed by atoms with Gasteiger partial charge in [0.2, 0.25) is 5.78 Å². The Balaban J connectivity index is 2.17. The zero-order valence-electron chi connectivity index (χ0n) is 14.4. The number of nitrogens with zero attached hydrogens (tertiary/aromatic N) is 1. The van der Waals surface area contributed by atoms with E-state index in [-0.39, 0.29) is 28.9 Å². The molecular weight excluding hydrogens is 344 g/mol. The molecule has 1 aliphatic carbocycles. The van der Waals surface area contributed by atoms with E-state index < -0.39 is 17.4 Å². The third-order valence-electron chi connectivity index (χ3n) is 4.27. The Labute approximate surface area is 152 Å². The van der Waals surface area contributed by atoms with Gasteiger partial charge in [-0.15, -0.1) is 0 Å². The number of esters is 1. The van der Waals surface area contributed by atoms with Gasteiger partial charge in [0, 0.05) is 18.4 Å². The monoisotopic (exact) mass is 366 g/mol. The summed E-state index contributed by atoms with van der Waals surface area (Å²) in [6, 6.07) is 3.18. The molecule has 1 aliphatic rings. The van der Waals surface area contributed by atoms with Gasteiger partial charge in [0.25, 0.3) is 0 Å². The second-order valence-electron chi connectivity index (χ2n) is 6.39. The second-order valence-corrected chi connectivity index (χ2v) is 6.75. The Kier molecular flexibility index (Phi) is 6.56. The van der Waals surface area contributed by atoms with Crippen LogP contribution in [0.15, 0.2) is 30.1 Å². The molecule has 136 valence electrons. The number of pyridine rings is 1. The van der Waals surface area contributed by atoms with E-state index in [0.29, 0.717) is 12.8 Å². The van der Waals surface area contributed by atoms with E-state index in [1.807, 2.05) is 6.92 Å². The largest absolute Gasteiger partial charge is 0.462 e. The van der Waals surface area contributed by atoms with Crippen molar-refractivity contribution in [1.82, 2.24) is 10.3 Å². The molecule has 1 aromatic rings. The van der Waals surface area contributed by atoms with Crippen LogP contribution in [-0.4, -0.2) is 40.1 Å². The highest BCUT2D eigenvalue weighted by Crippen LogP contribution is 2.27. The van der Waals surface area contributed by atoms with Gasteiger partial charge < -0.3 is 15.2 Å².